The summed E-state index contributed by atoms with van der Waals surface area (Å²) in [6.45, 7) is 4.89. The standard InChI is InChI=1S/C18H23N3O.HI/c1-13-6-4-7-15(10-13)14(2)12-20-18(19)21-16-8-5-9-17(11-16)22-3;/h4-11,14H,12H2,1-3H3,(H3,19,20,21);1H. The van der Waals surface area contributed by atoms with Gasteiger partial charge in [0.2, 0.25) is 0 Å². The van der Waals surface area contributed by atoms with Gasteiger partial charge in [-0.2, -0.15) is 0 Å². The van der Waals surface area contributed by atoms with Crippen LogP contribution in [-0.4, -0.2) is 19.6 Å². The van der Waals surface area contributed by atoms with Gasteiger partial charge in [-0.05, 0) is 24.6 Å². The van der Waals surface area contributed by atoms with Crippen LogP contribution in [0, 0.1) is 6.92 Å². The van der Waals surface area contributed by atoms with Crippen LogP contribution in [0.25, 0.3) is 0 Å². The Bertz CT molecular complexity index is 658. The van der Waals surface area contributed by atoms with Gasteiger partial charge in [0.15, 0.2) is 5.96 Å². The van der Waals surface area contributed by atoms with E-state index in [4.69, 9.17) is 10.5 Å². The SMILES string of the molecule is COc1cccc(NC(N)=NCC(C)c2cccc(C)c2)c1.I. The molecular weight excluding hydrogens is 401 g/mol. The first-order chi connectivity index (χ1) is 10.6. The number of aliphatic imine (C=N–C) groups is 1. The molecule has 0 amide bonds. The molecule has 0 bridgehead atoms. The molecule has 4 nitrogen and oxygen atoms in total. The molecule has 0 heterocycles. The van der Waals surface area contributed by atoms with Crippen molar-refractivity contribution in [3.63, 3.8) is 0 Å². The molecule has 0 aliphatic heterocycles. The predicted molar refractivity (Wildman–Crippen MR) is 108 cm³/mol. The number of nitrogens with zero attached hydrogens (tertiary/aromatic N) is 1. The number of methoxy groups -OCH3 is 1. The van der Waals surface area contributed by atoms with Crippen molar-refractivity contribution in [2.75, 3.05) is 19.0 Å². The first-order valence-electron chi connectivity index (χ1n) is 7.36. The van der Waals surface area contributed by atoms with Gasteiger partial charge < -0.3 is 15.8 Å². The van der Waals surface area contributed by atoms with Crippen molar-refractivity contribution in [3.8, 4) is 5.75 Å². The lowest BCUT2D eigenvalue weighted by Crippen LogP contribution is -2.23. The van der Waals surface area contributed by atoms with E-state index in [9.17, 15) is 0 Å². The molecule has 0 saturated heterocycles. The summed E-state index contributed by atoms with van der Waals surface area (Å²) >= 11 is 0. The van der Waals surface area contributed by atoms with Gasteiger partial charge >= 0.3 is 0 Å². The fourth-order valence-electron chi connectivity index (χ4n) is 2.21. The van der Waals surface area contributed by atoms with Crippen LogP contribution in [-0.2, 0) is 0 Å². The quantitative estimate of drug-likeness (QED) is 0.430. The maximum atomic E-state index is 5.95. The van der Waals surface area contributed by atoms with E-state index in [1.165, 1.54) is 11.1 Å². The van der Waals surface area contributed by atoms with Gasteiger partial charge in [-0.1, -0.05) is 42.8 Å². The zero-order valence-corrected chi connectivity index (χ0v) is 16.1. The molecule has 23 heavy (non-hydrogen) atoms. The molecule has 0 fully saturated rings. The Morgan fingerprint density at radius 1 is 1.22 bits per heavy atom. The molecule has 124 valence electrons. The second-order valence-corrected chi connectivity index (χ2v) is 5.40. The van der Waals surface area contributed by atoms with E-state index in [-0.39, 0.29) is 24.0 Å². The average molecular weight is 425 g/mol. The van der Waals surface area contributed by atoms with Crippen molar-refractivity contribution in [3.05, 3.63) is 59.7 Å². The zero-order valence-electron chi connectivity index (χ0n) is 13.7. The fraction of sp³-hybridized carbons (Fsp3) is 0.278. The van der Waals surface area contributed by atoms with E-state index in [1.54, 1.807) is 7.11 Å². The molecule has 2 aromatic carbocycles. The highest BCUT2D eigenvalue weighted by molar-refractivity contribution is 14.0. The van der Waals surface area contributed by atoms with E-state index < -0.39 is 0 Å². The van der Waals surface area contributed by atoms with E-state index in [0.717, 1.165) is 11.4 Å². The highest BCUT2D eigenvalue weighted by Crippen LogP contribution is 2.18. The minimum atomic E-state index is 0. The smallest absolute Gasteiger partial charge is 0.193 e. The highest BCUT2D eigenvalue weighted by Gasteiger charge is 2.05. The minimum Gasteiger partial charge on any atom is -0.497 e. The first-order valence-corrected chi connectivity index (χ1v) is 7.36. The normalized spacial score (nSPS) is 12.2. The Kier molecular flexibility index (Phi) is 7.88. The number of hydrogen-bond acceptors (Lipinski definition) is 2. The van der Waals surface area contributed by atoms with E-state index in [1.807, 2.05) is 24.3 Å². The van der Waals surface area contributed by atoms with Crippen LogP contribution in [0.3, 0.4) is 0 Å². The van der Waals surface area contributed by atoms with E-state index in [0.29, 0.717) is 18.4 Å². The number of nitrogens with two attached hydrogens (primary N) is 1. The van der Waals surface area contributed by atoms with Gasteiger partial charge in [-0.25, -0.2) is 0 Å². The molecular formula is C18H24IN3O. The topological polar surface area (TPSA) is 59.6 Å². The molecule has 0 aliphatic carbocycles. The number of guanidine groups is 1. The van der Waals surface area contributed by atoms with Crippen molar-refractivity contribution < 1.29 is 4.74 Å². The molecule has 1 unspecified atom stereocenters. The van der Waals surface area contributed by atoms with Crippen LogP contribution in [0.15, 0.2) is 53.5 Å². The van der Waals surface area contributed by atoms with Crippen molar-refractivity contribution in [2.24, 2.45) is 10.7 Å². The Labute approximate surface area is 155 Å². The molecule has 0 saturated carbocycles. The summed E-state index contributed by atoms with van der Waals surface area (Å²) < 4.78 is 5.18. The lowest BCUT2D eigenvalue weighted by molar-refractivity contribution is 0.415. The molecule has 2 rings (SSSR count). The molecule has 0 aromatic heterocycles. The van der Waals surface area contributed by atoms with Crippen LogP contribution >= 0.6 is 24.0 Å². The highest BCUT2D eigenvalue weighted by atomic mass is 127. The van der Waals surface area contributed by atoms with E-state index >= 15 is 0 Å². The Hall–Kier alpha value is -1.76. The van der Waals surface area contributed by atoms with Crippen LogP contribution < -0.4 is 15.8 Å². The Morgan fingerprint density at radius 2 is 1.96 bits per heavy atom. The third kappa shape index (κ3) is 6.09. The lowest BCUT2D eigenvalue weighted by Gasteiger charge is -2.11. The van der Waals surface area contributed by atoms with Crippen molar-refractivity contribution in [1.29, 1.82) is 0 Å². The minimum absolute atomic E-state index is 0. The summed E-state index contributed by atoms with van der Waals surface area (Å²) in [5.41, 5.74) is 9.35. The Morgan fingerprint density at radius 3 is 2.65 bits per heavy atom. The molecule has 0 aliphatic rings. The summed E-state index contributed by atoms with van der Waals surface area (Å²) in [6, 6.07) is 16.1. The fourth-order valence-corrected chi connectivity index (χ4v) is 2.21. The maximum Gasteiger partial charge on any atom is 0.193 e. The number of anilines is 1. The number of aryl methyl sites for hydroxylation is 1. The summed E-state index contributed by atoms with van der Waals surface area (Å²) in [5.74, 6) is 1.52. The van der Waals surface area contributed by atoms with Crippen molar-refractivity contribution in [2.45, 2.75) is 19.8 Å². The summed E-state index contributed by atoms with van der Waals surface area (Å²) in [7, 11) is 1.64. The Balaban J connectivity index is 0.00000264. The lowest BCUT2D eigenvalue weighted by atomic mass is 10.00. The van der Waals surface area contributed by atoms with E-state index in [2.05, 4.69) is 48.4 Å². The average Bonchev–Trinajstić information content (AvgIpc) is 2.52. The van der Waals surface area contributed by atoms with Gasteiger partial charge in [0.1, 0.15) is 5.75 Å². The summed E-state index contributed by atoms with van der Waals surface area (Å²) in [6.07, 6.45) is 0. The summed E-state index contributed by atoms with van der Waals surface area (Å²) in [4.78, 5) is 4.42. The van der Waals surface area contributed by atoms with Gasteiger partial charge in [0.05, 0.1) is 7.11 Å². The van der Waals surface area contributed by atoms with Gasteiger partial charge in [-0.15, -0.1) is 24.0 Å². The van der Waals surface area contributed by atoms with Crippen molar-refractivity contribution in [1.82, 2.24) is 0 Å². The maximum absolute atomic E-state index is 5.95. The monoisotopic (exact) mass is 425 g/mol. The molecule has 0 spiro atoms. The number of halogens is 1. The number of benzene rings is 2. The third-order valence-corrected chi connectivity index (χ3v) is 3.49. The molecule has 0 radical (unpaired) electrons. The second-order valence-electron chi connectivity index (χ2n) is 5.40. The van der Waals surface area contributed by atoms with Crippen molar-refractivity contribution >= 4 is 35.6 Å². The summed E-state index contributed by atoms with van der Waals surface area (Å²) in [5, 5.41) is 3.08. The van der Waals surface area contributed by atoms with Crippen LogP contribution in [0.1, 0.15) is 24.0 Å². The van der Waals surface area contributed by atoms with Crippen LogP contribution in [0.4, 0.5) is 5.69 Å². The first kappa shape index (κ1) is 19.3. The number of rotatable bonds is 5. The second kappa shape index (κ2) is 9.39. The number of hydrogen-bond donors (Lipinski definition) is 2. The largest absolute Gasteiger partial charge is 0.497 e. The van der Waals surface area contributed by atoms with Crippen LogP contribution in [0.2, 0.25) is 0 Å². The number of nitrogens with one attached hydrogen (secondary N) is 1. The third-order valence-electron chi connectivity index (χ3n) is 3.49. The molecule has 5 heteroatoms. The molecule has 2 aromatic rings. The molecule has 3 N–H and O–H groups in total. The van der Waals surface area contributed by atoms with Gasteiger partial charge in [0, 0.05) is 24.2 Å². The van der Waals surface area contributed by atoms with Crippen LogP contribution in [0.5, 0.6) is 5.75 Å². The van der Waals surface area contributed by atoms with Gasteiger partial charge in [0.25, 0.3) is 0 Å². The number of ether oxygens (including phenoxy) is 1. The predicted octanol–water partition coefficient (Wildman–Crippen LogP) is 4.15. The molecule has 1 atom stereocenters. The van der Waals surface area contributed by atoms with Gasteiger partial charge in [-0.3, -0.25) is 4.99 Å². The zero-order chi connectivity index (χ0) is 15.9.